The van der Waals surface area contributed by atoms with Gasteiger partial charge >= 0.3 is 0 Å². The first-order chi connectivity index (χ1) is 13.0. The van der Waals surface area contributed by atoms with Gasteiger partial charge in [0.25, 0.3) is 0 Å². The van der Waals surface area contributed by atoms with E-state index in [4.69, 9.17) is 22.1 Å². The smallest absolute Gasteiger partial charge is 0.188 e. The van der Waals surface area contributed by atoms with Crippen molar-refractivity contribution >= 4 is 35.1 Å². The molecule has 3 aromatic heterocycles. The van der Waals surface area contributed by atoms with Crippen LogP contribution in [0, 0.1) is 29.6 Å². The first-order valence-electron chi connectivity index (χ1n) is 7.32. The van der Waals surface area contributed by atoms with Crippen molar-refractivity contribution < 1.29 is 0 Å². The Bertz CT molecular complexity index is 1020. The van der Waals surface area contributed by atoms with Crippen molar-refractivity contribution in [1.82, 2.24) is 30.1 Å². The highest BCUT2D eigenvalue weighted by atomic mass is 35.5. The lowest BCUT2D eigenvalue weighted by atomic mass is 10.1. The van der Waals surface area contributed by atoms with Crippen LogP contribution >= 0.6 is 35.1 Å². The summed E-state index contributed by atoms with van der Waals surface area (Å²) in [7, 11) is 0. The summed E-state index contributed by atoms with van der Waals surface area (Å²) in [5.41, 5.74) is 3.14. The maximum Gasteiger partial charge on any atom is 0.188 e. The Labute approximate surface area is 169 Å². The molecule has 0 fully saturated rings. The highest BCUT2D eigenvalue weighted by Crippen LogP contribution is 2.24. The molecule has 0 aliphatic carbocycles. The first kappa shape index (κ1) is 20.6. The molecule has 0 radical (unpaired) electrons. The Morgan fingerprint density at radius 1 is 0.963 bits per heavy atom. The van der Waals surface area contributed by atoms with Gasteiger partial charge in [-0.3, -0.25) is 5.10 Å². The number of thioether (sulfide) groups is 2. The van der Waals surface area contributed by atoms with E-state index >= 15 is 0 Å². The number of halogens is 1. The number of hydrogen-bond acceptors (Lipinski definition) is 9. The zero-order valence-electron chi connectivity index (χ0n) is 14.6. The lowest BCUT2D eigenvalue weighted by molar-refractivity contribution is 0.964. The van der Waals surface area contributed by atoms with Crippen molar-refractivity contribution in [3.8, 4) is 23.4 Å². The van der Waals surface area contributed by atoms with Gasteiger partial charge in [-0.25, -0.2) is 19.9 Å². The summed E-state index contributed by atoms with van der Waals surface area (Å²) in [6, 6.07) is 3.97. The van der Waals surface area contributed by atoms with Crippen LogP contribution < -0.4 is 0 Å². The van der Waals surface area contributed by atoms with Gasteiger partial charge in [0.05, 0.1) is 23.7 Å². The Hall–Kier alpha value is -2.66. The van der Waals surface area contributed by atoms with Crippen LogP contribution in [-0.2, 0) is 0 Å². The van der Waals surface area contributed by atoms with Gasteiger partial charge < -0.3 is 0 Å². The molecule has 0 amide bonds. The number of H-pyrrole nitrogens is 1. The molecule has 3 aromatic rings. The molecular formula is C16H13ClN8S2. The molecule has 0 saturated heterocycles. The summed E-state index contributed by atoms with van der Waals surface area (Å²) in [6.45, 7) is 1.89. The largest absolute Gasteiger partial charge is 0.282 e. The average Bonchev–Trinajstić information content (AvgIpc) is 3.13. The summed E-state index contributed by atoms with van der Waals surface area (Å²) < 4.78 is 0. The number of aromatic amines is 1. The summed E-state index contributed by atoms with van der Waals surface area (Å²) in [6.07, 6.45) is 8.37. The lowest BCUT2D eigenvalue weighted by Gasteiger charge is -2.02. The van der Waals surface area contributed by atoms with Crippen molar-refractivity contribution in [2.24, 2.45) is 0 Å². The van der Waals surface area contributed by atoms with E-state index < -0.39 is 0 Å². The van der Waals surface area contributed by atoms with Crippen molar-refractivity contribution in [3.05, 3.63) is 40.6 Å². The molecule has 0 unspecified atom stereocenters. The maximum atomic E-state index is 9.00. The number of rotatable bonds is 3. The van der Waals surface area contributed by atoms with Crippen molar-refractivity contribution in [2.75, 3.05) is 12.5 Å². The summed E-state index contributed by atoms with van der Waals surface area (Å²) in [4.78, 5) is 16.1. The third-order valence-electron chi connectivity index (χ3n) is 3.18. The molecule has 3 heterocycles. The van der Waals surface area contributed by atoms with Gasteiger partial charge in [0.1, 0.15) is 17.7 Å². The number of aryl methyl sites for hydroxylation is 1. The highest BCUT2D eigenvalue weighted by molar-refractivity contribution is 7.98. The Kier molecular flexibility index (Phi) is 7.55. The van der Waals surface area contributed by atoms with E-state index in [2.05, 4.69) is 36.2 Å². The number of nitrogens with zero attached hydrogens (tertiary/aromatic N) is 7. The van der Waals surface area contributed by atoms with Crippen molar-refractivity contribution in [2.45, 2.75) is 17.2 Å². The van der Waals surface area contributed by atoms with E-state index in [1.54, 1.807) is 12.4 Å². The molecule has 27 heavy (non-hydrogen) atoms. The van der Waals surface area contributed by atoms with Crippen LogP contribution in [-0.4, -0.2) is 42.6 Å². The van der Waals surface area contributed by atoms with Crippen LogP contribution in [0.15, 0.2) is 28.9 Å². The van der Waals surface area contributed by atoms with Crippen LogP contribution in [0.25, 0.3) is 11.3 Å². The minimum Gasteiger partial charge on any atom is -0.282 e. The molecule has 0 bridgehead atoms. The van der Waals surface area contributed by atoms with Gasteiger partial charge in [-0.1, -0.05) is 35.1 Å². The fourth-order valence-electron chi connectivity index (χ4n) is 1.86. The van der Waals surface area contributed by atoms with Crippen LogP contribution in [0.4, 0.5) is 0 Å². The third-order valence-corrected chi connectivity index (χ3v) is 4.59. The minimum atomic E-state index is 0.215. The summed E-state index contributed by atoms with van der Waals surface area (Å²) in [5, 5.41) is 25.7. The van der Waals surface area contributed by atoms with Gasteiger partial charge in [-0.2, -0.15) is 15.6 Å². The van der Waals surface area contributed by atoms with Crippen molar-refractivity contribution in [1.29, 1.82) is 10.5 Å². The predicted octanol–water partition coefficient (Wildman–Crippen LogP) is 3.49. The second-order valence-electron chi connectivity index (χ2n) is 4.81. The Balaban J connectivity index is 0.000000208. The normalized spacial score (nSPS) is 9.70. The van der Waals surface area contributed by atoms with Gasteiger partial charge in [0.2, 0.25) is 0 Å². The van der Waals surface area contributed by atoms with Crippen LogP contribution in [0.2, 0.25) is 5.15 Å². The zero-order chi connectivity index (χ0) is 19.8. The fourth-order valence-corrected chi connectivity index (χ4v) is 2.76. The molecule has 0 aromatic carbocycles. The third kappa shape index (κ3) is 5.17. The highest BCUT2D eigenvalue weighted by Gasteiger charge is 2.12. The van der Waals surface area contributed by atoms with Gasteiger partial charge in [-0.15, -0.1) is 0 Å². The number of aromatic nitrogens is 6. The molecular weight excluding hydrogens is 404 g/mol. The quantitative estimate of drug-likeness (QED) is 0.387. The summed E-state index contributed by atoms with van der Waals surface area (Å²) >= 11 is 8.45. The molecule has 0 spiro atoms. The molecule has 8 nitrogen and oxygen atoms in total. The van der Waals surface area contributed by atoms with Gasteiger partial charge in [0, 0.05) is 17.5 Å². The zero-order valence-corrected chi connectivity index (χ0v) is 16.9. The van der Waals surface area contributed by atoms with E-state index in [9.17, 15) is 0 Å². The fraction of sp³-hybridized carbons (Fsp3) is 0.188. The van der Waals surface area contributed by atoms with E-state index in [1.807, 2.05) is 25.5 Å². The second kappa shape index (κ2) is 9.88. The van der Waals surface area contributed by atoms with Crippen LogP contribution in [0.3, 0.4) is 0 Å². The molecule has 0 saturated carbocycles. The monoisotopic (exact) mass is 416 g/mol. The topological polar surface area (TPSA) is 128 Å². The average molecular weight is 417 g/mol. The van der Waals surface area contributed by atoms with E-state index in [0.717, 1.165) is 11.3 Å². The van der Waals surface area contributed by atoms with Crippen molar-refractivity contribution in [3.63, 3.8) is 0 Å². The number of nitrogens with one attached hydrogen (secondary N) is 1. The van der Waals surface area contributed by atoms with E-state index in [0.29, 0.717) is 27.1 Å². The van der Waals surface area contributed by atoms with Crippen LogP contribution in [0.1, 0.15) is 16.8 Å². The Morgan fingerprint density at radius 2 is 1.56 bits per heavy atom. The molecule has 0 aliphatic rings. The maximum absolute atomic E-state index is 9.00. The molecule has 1 N–H and O–H groups in total. The molecule has 11 heteroatoms. The van der Waals surface area contributed by atoms with Crippen LogP contribution in [0.5, 0.6) is 0 Å². The number of hydrogen-bond donors (Lipinski definition) is 1. The predicted molar refractivity (Wildman–Crippen MR) is 104 cm³/mol. The van der Waals surface area contributed by atoms with E-state index in [-0.39, 0.29) is 5.15 Å². The van der Waals surface area contributed by atoms with E-state index in [1.165, 1.54) is 29.7 Å². The molecule has 0 aliphatic heterocycles. The minimum absolute atomic E-state index is 0.215. The SMILES string of the molecule is CSc1ncc(C#N)c(-c2cn[nH]c2C)n1.CSc1ncc(C#N)c(Cl)n1. The number of nitriles is 2. The molecule has 3 rings (SSSR count). The molecule has 136 valence electrons. The van der Waals surface area contributed by atoms with Gasteiger partial charge in [0.15, 0.2) is 15.5 Å². The summed E-state index contributed by atoms with van der Waals surface area (Å²) in [5.74, 6) is 0. The lowest BCUT2D eigenvalue weighted by Crippen LogP contribution is -1.94. The first-order valence-corrected chi connectivity index (χ1v) is 10.1. The standard InChI is InChI=1S/C10H9N5S.C6H4ClN3S/c1-6-8(5-13-15-6)9-7(3-11)4-12-10(14-9)16-2;1-11-6-9-3-4(2-8)5(7)10-6/h4-5H,1-2H3,(H,13,15);3H,1H3. The van der Waals surface area contributed by atoms with Gasteiger partial charge in [-0.05, 0) is 19.4 Å². The second-order valence-corrected chi connectivity index (χ2v) is 6.72. The molecule has 0 atom stereocenters. The Morgan fingerprint density at radius 3 is 2.04 bits per heavy atom.